The van der Waals surface area contributed by atoms with Gasteiger partial charge in [-0.1, -0.05) is 19.8 Å². The van der Waals surface area contributed by atoms with Gasteiger partial charge in [0, 0.05) is 35.8 Å². The Bertz CT molecular complexity index is 551. The molecule has 0 saturated heterocycles. The van der Waals surface area contributed by atoms with E-state index in [0.29, 0.717) is 6.04 Å². The van der Waals surface area contributed by atoms with Gasteiger partial charge in [-0.15, -0.1) is 11.3 Å². The lowest BCUT2D eigenvalue weighted by Gasteiger charge is -2.43. The fraction of sp³-hybridized carbons (Fsp3) is 0.688. The van der Waals surface area contributed by atoms with Gasteiger partial charge in [-0.05, 0) is 33.5 Å². The first-order chi connectivity index (χ1) is 10.2. The summed E-state index contributed by atoms with van der Waals surface area (Å²) in [7, 11) is 4.48. The number of nitrogens with zero attached hydrogens (tertiary/aromatic N) is 3. The van der Waals surface area contributed by atoms with E-state index in [9.17, 15) is 0 Å². The van der Waals surface area contributed by atoms with E-state index in [-0.39, 0.29) is 5.54 Å². The normalized spacial score (nSPS) is 19.6. The number of aromatic nitrogens is 2. The number of likely N-dealkylation sites (N-methyl/N-ethyl adjacent to an activating group) is 2. The van der Waals surface area contributed by atoms with E-state index < -0.39 is 0 Å². The molecule has 4 nitrogen and oxygen atoms in total. The monoisotopic (exact) mass is 306 g/mol. The summed E-state index contributed by atoms with van der Waals surface area (Å²) in [5.41, 5.74) is 1.49. The molecule has 1 saturated carbocycles. The van der Waals surface area contributed by atoms with E-state index in [2.05, 4.69) is 53.4 Å². The van der Waals surface area contributed by atoms with E-state index in [1.54, 1.807) is 11.3 Å². The first kappa shape index (κ1) is 15.0. The van der Waals surface area contributed by atoms with Gasteiger partial charge in [-0.3, -0.25) is 4.40 Å². The second kappa shape index (κ2) is 6.07. The molecule has 0 aliphatic heterocycles. The molecule has 1 aliphatic rings. The Hall–Kier alpha value is -0.910. The van der Waals surface area contributed by atoms with Crippen molar-refractivity contribution in [1.82, 2.24) is 19.6 Å². The van der Waals surface area contributed by atoms with Crippen molar-refractivity contribution in [3.63, 3.8) is 0 Å². The third kappa shape index (κ3) is 2.74. The molecule has 1 unspecified atom stereocenters. The molecule has 5 heteroatoms. The first-order valence-corrected chi connectivity index (χ1v) is 8.85. The fourth-order valence-electron chi connectivity index (χ4n) is 3.88. The minimum Gasteiger partial charge on any atom is -0.312 e. The van der Waals surface area contributed by atoms with Crippen LogP contribution in [0.2, 0.25) is 0 Å². The second-order valence-corrected chi connectivity index (χ2v) is 7.22. The van der Waals surface area contributed by atoms with Crippen molar-refractivity contribution in [3.05, 3.63) is 23.5 Å². The van der Waals surface area contributed by atoms with Gasteiger partial charge in [0.25, 0.3) is 0 Å². The molecule has 21 heavy (non-hydrogen) atoms. The zero-order valence-corrected chi connectivity index (χ0v) is 14.1. The molecule has 1 aliphatic carbocycles. The molecule has 0 spiro atoms. The van der Waals surface area contributed by atoms with Crippen LogP contribution in [0.25, 0.3) is 4.96 Å². The molecule has 0 aromatic carbocycles. The number of thiazole rings is 1. The maximum atomic E-state index is 4.78. The van der Waals surface area contributed by atoms with Gasteiger partial charge in [0.15, 0.2) is 4.96 Å². The summed E-state index contributed by atoms with van der Waals surface area (Å²) in [6.45, 7) is 3.22. The Morgan fingerprint density at radius 1 is 1.43 bits per heavy atom. The number of imidazole rings is 1. The Labute approximate surface area is 131 Å². The van der Waals surface area contributed by atoms with Crippen molar-refractivity contribution in [1.29, 1.82) is 0 Å². The lowest BCUT2D eigenvalue weighted by Crippen LogP contribution is -2.58. The van der Waals surface area contributed by atoms with E-state index in [1.165, 1.54) is 31.4 Å². The molecule has 1 atom stereocenters. The topological polar surface area (TPSA) is 32.6 Å². The highest BCUT2D eigenvalue weighted by Crippen LogP contribution is 2.37. The maximum absolute atomic E-state index is 4.78. The molecule has 1 fully saturated rings. The van der Waals surface area contributed by atoms with Gasteiger partial charge < -0.3 is 10.2 Å². The van der Waals surface area contributed by atoms with Crippen LogP contribution in [0.5, 0.6) is 0 Å². The molecule has 2 aromatic rings. The van der Waals surface area contributed by atoms with Crippen LogP contribution < -0.4 is 5.32 Å². The molecular weight excluding hydrogens is 280 g/mol. The van der Waals surface area contributed by atoms with Crippen LogP contribution in [0.3, 0.4) is 0 Å². The van der Waals surface area contributed by atoms with Crippen molar-refractivity contribution in [2.75, 3.05) is 20.6 Å². The molecule has 116 valence electrons. The number of nitrogens with one attached hydrogen (secondary N) is 1. The number of rotatable bonds is 6. The summed E-state index contributed by atoms with van der Waals surface area (Å²) in [5, 5.41) is 5.83. The lowest BCUT2D eigenvalue weighted by atomic mass is 9.84. The second-order valence-electron chi connectivity index (χ2n) is 6.34. The van der Waals surface area contributed by atoms with Gasteiger partial charge in [0.05, 0.1) is 5.69 Å². The summed E-state index contributed by atoms with van der Waals surface area (Å²) in [5.74, 6) is 0. The fourth-order valence-corrected chi connectivity index (χ4v) is 4.60. The molecule has 0 bridgehead atoms. The zero-order valence-electron chi connectivity index (χ0n) is 13.3. The molecule has 3 rings (SSSR count). The van der Waals surface area contributed by atoms with Crippen molar-refractivity contribution in [2.45, 2.75) is 50.6 Å². The van der Waals surface area contributed by atoms with Crippen LogP contribution in [0.4, 0.5) is 0 Å². The highest BCUT2D eigenvalue weighted by atomic mass is 32.1. The lowest BCUT2D eigenvalue weighted by molar-refractivity contribution is 0.105. The largest absolute Gasteiger partial charge is 0.312 e. The van der Waals surface area contributed by atoms with Crippen LogP contribution in [-0.4, -0.2) is 46.5 Å². The summed E-state index contributed by atoms with van der Waals surface area (Å²) in [6.07, 6.45) is 10.6. The maximum Gasteiger partial charge on any atom is 0.193 e. The molecular formula is C16H26N4S. The Kier molecular flexibility index (Phi) is 4.33. The minimum absolute atomic E-state index is 0.285. The molecule has 0 radical (unpaired) electrons. The predicted octanol–water partition coefficient (Wildman–Crippen LogP) is 2.79. The summed E-state index contributed by atoms with van der Waals surface area (Å²) in [4.78, 5) is 8.33. The number of hydrogen-bond donors (Lipinski definition) is 1. The molecule has 2 aromatic heterocycles. The molecule has 2 heterocycles. The number of fused-ring (bicyclic) bond motifs is 1. The van der Waals surface area contributed by atoms with E-state index in [0.717, 1.165) is 17.9 Å². The first-order valence-electron chi connectivity index (χ1n) is 7.97. The highest BCUT2D eigenvalue weighted by Gasteiger charge is 2.42. The Morgan fingerprint density at radius 3 is 2.81 bits per heavy atom. The van der Waals surface area contributed by atoms with Gasteiger partial charge in [-0.25, -0.2) is 4.98 Å². The Morgan fingerprint density at radius 2 is 2.19 bits per heavy atom. The smallest absolute Gasteiger partial charge is 0.193 e. The van der Waals surface area contributed by atoms with Gasteiger partial charge >= 0.3 is 0 Å². The van der Waals surface area contributed by atoms with Crippen LogP contribution in [0.15, 0.2) is 17.8 Å². The van der Waals surface area contributed by atoms with Crippen molar-refractivity contribution in [3.8, 4) is 0 Å². The zero-order chi connectivity index (χ0) is 14.9. The summed E-state index contributed by atoms with van der Waals surface area (Å²) < 4.78 is 2.14. The standard InChI is InChI=1S/C16H26N4S/c1-4-17-14(16(19(2)3)7-5-6-8-16)11-13-12-20-9-10-21-15(20)18-13/h9-10,12,14,17H,4-8,11H2,1-3H3. The average molecular weight is 306 g/mol. The SMILES string of the molecule is CCNC(Cc1cn2ccsc2n1)C1(N(C)C)CCCC1. The van der Waals surface area contributed by atoms with E-state index in [4.69, 9.17) is 4.98 Å². The summed E-state index contributed by atoms with van der Waals surface area (Å²) >= 11 is 1.71. The van der Waals surface area contributed by atoms with Crippen LogP contribution in [0.1, 0.15) is 38.3 Å². The van der Waals surface area contributed by atoms with Crippen LogP contribution >= 0.6 is 11.3 Å². The van der Waals surface area contributed by atoms with E-state index in [1.807, 2.05) is 0 Å². The van der Waals surface area contributed by atoms with Crippen molar-refractivity contribution >= 4 is 16.3 Å². The number of hydrogen-bond acceptors (Lipinski definition) is 4. The molecule has 1 N–H and O–H groups in total. The average Bonchev–Trinajstić information content (AvgIpc) is 3.13. The van der Waals surface area contributed by atoms with Gasteiger partial charge in [0.2, 0.25) is 0 Å². The van der Waals surface area contributed by atoms with Crippen LogP contribution in [0, 0.1) is 0 Å². The molecule has 0 amide bonds. The minimum atomic E-state index is 0.285. The quantitative estimate of drug-likeness (QED) is 0.891. The van der Waals surface area contributed by atoms with Crippen LogP contribution in [-0.2, 0) is 6.42 Å². The predicted molar refractivity (Wildman–Crippen MR) is 89.1 cm³/mol. The van der Waals surface area contributed by atoms with Gasteiger partial charge in [-0.2, -0.15) is 0 Å². The van der Waals surface area contributed by atoms with E-state index >= 15 is 0 Å². The van der Waals surface area contributed by atoms with Crippen molar-refractivity contribution < 1.29 is 0 Å². The van der Waals surface area contributed by atoms with Crippen molar-refractivity contribution in [2.24, 2.45) is 0 Å². The summed E-state index contributed by atoms with van der Waals surface area (Å²) in [6, 6.07) is 0.476. The third-order valence-corrected chi connectivity index (χ3v) is 5.79. The highest BCUT2D eigenvalue weighted by molar-refractivity contribution is 7.15. The third-order valence-electron chi connectivity index (χ3n) is 5.02. The Balaban J connectivity index is 1.84. The van der Waals surface area contributed by atoms with Gasteiger partial charge in [0.1, 0.15) is 0 Å².